The van der Waals surface area contributed by atoms with Crippen LogP contribution in [-0.2, 0) is 32.1 Å². The standard InChI is InChI=1S/C26H24N2O6/c27-10-14-8-15(11-4-2-1-3-5-11)16-7-12-6-13-9-17(29)21(26(28)34)25(33)19(13)23(31)18(12)24(32)20(16)22(14)30/h1-5,8,12-13,18-19,21,30H,6-7,9-10,27H2,(H2,28,34). The molecule has 34 heavy (non-hydrogen) atoms. The minimum atomic E-state index is -1.64. The molecule has 0 heterocycles. The van der Waals surface area contributed by atoms with Crippen LogP contribution in [-0.4, -0.2) is 34.1 Å². The Bertz CT molecular complexity index is 1270. The lowest BCUT2D eigenvalue weighted by molar-refractivity contribution is -0.152. The molecule has 0 saturated heterocycles. The molecule has 1 amide bonds. The number of carbonyl (C=O) groups excluding carboxylic acids is 5. The zero-order chi connectivity index (χ0) is 24.3. The van der Waals surface area contributed by atoms with Gasteiger partial charge in [0, 0.05) is 18.5 Å². The van der Waals surface area contributed by atoms with Crippen molar-refractivity contribution >= 4 is 29.0 Å². The maximum Gasteiger partial charge on any atom is 0.235 e. The Hall–Kier alpha value is -3.65. The molecule has 0 radical (unpaired) electrons. The molecule has 0 bridgehead atoms. The van der Waals surface area contributed by atoms with Crippen LogP contribution in [0, 0.1) is 29.6 Å². The van der Waals surface area contributed by atoms with Crippen LogP contribution in [0.1, 0.15) is 34.3 Å². The molecule has 8 heteroatoms. The molecule has 3 aliphatic carbocycles. The molecule has 2 aromatic rings. The summed E-state index contributed by atoms with van der Waals surface area (Å²) in [4.78, 5) is 64.3. The predicted octanol–water partition coefficient (Wildman–Crippen LogP) is 1.34. The topological polar surface area (TPSA) is 158 Å². The van der Waals surface area contributed by atoms with Crippen molar-refractivity contribution in [2.45, 2.75) is 25.8 Å². The normalized spacial score (nSPS) is 28.2. The number of rotatable bonds is 3. The van der Waals surface area contributed by atoms with Gasteiger partial charge in [0.25, 0.3) is 0 Å². The van der Waals surface area contributed by atoms with Crippen LogP contribution in [0.4, 0.5) is 0 Å². The van der Waals surface area contributed by atoms with Gasteiger partial charge >= 0.3 is 0 Å². The lowest BCUT2D eigenvalue weighted by atomic mass is 9.55. The van der Waals surface area contributed by atoms with Gasteiger partial charge in [0.15, 0.2) is 29.1 Å². The van der Waals surface area contributed by atoms with Crippen LogP contribution >= 0.6 is 0 Å². The molecule has 0 spiro atoms. The van der Waals surface area contributed by atoms with E-state index < -0.39 is 58.6 Å². The van der Waals surface area contributed by atoms with Gasteiger partial charge in [0.2, 0.25) is 5.91 Å². The van der Waals surface area contributed by atoms with Gasteiger partial charge in [-0.1, -0.05) is 30.3 Å². The number of hydrogen-bond donors (Lipinski definition) is 3. The number of hydrogen-bond acceptors (Lipinski definition) is 7. The molecule has 5 N–H and O–H groups in total. The van der Waals surface area contributed by atoms with E-state index in [-0.39, 0.29) is 24.3 Å². The third-order valence-corrected chi connectivity index (χ3v) is 7.61. The quantitative estimate of drug-likeness (QED) is 0.583. The Morgan fingerprint density at radius 2 is 1.65 bits per heavy atom. The second kappa shape index (κ2) is 7.99. The Morgan fingerprint density at radius 1 is 0.971 bits per heavy atom. The van der Waals surface area contributed by atoms with Crippen LogP contribution in [0.25, 0.3) is 11.1 Å². The van der Waals surface area contributed by atoms with Crippen molar-refractivity contribution in [1.82, 2.24) is 0 Å². The van der Waals surface area contributed by atoms with Crippen molar-refractivity contribution in [3.63, 3.8) is 0 Å². The maximum atomic E-state index is 13.7. The molecular formula is C26H24N2O6. The van der Waals surface area contributed by atoms with E-state index in [9.17, 15) is 29.1 Å². The smallest absolute Gasteiger partial charge is 0.235 e. The van der Waals surface area contributed by atoms with E-state index in [1.165, 1.54) is 0 Å². The van der Waals surface area contributed by atoms with Gasteiger partial charge in [-0.2, -0.15) is 0 Å². The van der Waals surface area contributed by atoms with E-state index in [0.29, 0.717) is 24.0 Å². The molecule has 2 fully saturated rings. The Morgan fingerprint density at radius 3 is 2.29 bits per heavy atom. The summed E-state index contributed by atoms with van der Waals surface area (Å²) in [6.07, 6.45) is 0.566. The van der Waals surface area contributed by atoms with Gasteiger partial charge in [-0.15, -0.1) is 0 Å². The number of phenolic OH excluding ortho intramolecular Hbond substituents is 1. The van der Waals surface area contributed by atoms with Crippen LogP contribution < -0.4 is 11.5 Å². The first-order valence-electron chi connectivity index (χ1n) is 11.3. The SMILES string of the molecule is NCc1cc(-c2ccccc2)c2c(c1O)C(=O)C1C(=O)C3C(=O)C(C(N)=O)C(=O)CC3CC1C2. The van der Waals surface area contributed by atoms with Crippen molar-refractivity contribution in [1.29, 1.82) is 0 Å². The fourth-order valence-electron chi connectivity index (χ4n) is 6.14. The predicted molar refractivity (Wildman–Crippen MR) is 120 cm³/mol. The Balaban J connectivity index is 1.63. The van der Waals surface area contributed by atoms with Crippen molar-refractivity contribution in [2.24, 2.45) is 41.1 Å². The molecule has 174 valence electrons. The molecule has 0 aliphatic heterocycles. The summed E-state index contributed by atoms with van der Waals surface area (Å²) in [5.41, 5.74) is 13.8. The largest absolute Gasteiger partial charge is 0.507 e. The highest BCUT2D eigenvalue weighted by atomic mass is 16.3. The molecule has 3 aliphatic rings. The number of Topliss-reactive ketones (excluding diaryl/α,β-unsaturated/α-hetero) is 4. The zero-order valence-corrected chi connectivity index (χ0v) is 18.3. The van der Waals surface area contributed by atoms with Gasteiger partial charge in [-0.3, -0.25) is 24.0 Å². The average molecular weight is 460 g/mol. The summed E-state index contributed by atoms with van der Waals surface area (Å²) in [7, 11) is 0. The fourth-order valence-corrected chi connectivity index (χ4v) is 6.14. The summed E-state index contributed by atoms with van der Waals surface area (Å²) in [6.45, 7) is -0.000142. The molecule has 0 aromatic heterocycles. The number of ketones is 4. The van der Waals surface area contributed by atoms with Gasteiger partial charge < -0.3 is 16.6 Å². The van der Waals surface area contributed by atoms with Crippen LogP contribution in [0.2, 0.25) is 0 Å². The first kappa shape index (κ1) is 22.2. The van der Waals surface area contributed by atoms with Crippen LogP contribution in [0.3, 0.4) is 0 Å². The molecule has 5 unspecified atom stereocenters. The second-order valence-electron chi connectivity index (χ2n) is 9.45. The molecule has 2 saturated carbocycles. The molecule has 8 nitrogen and oxygen atoms in total. The summed E-state index contributed by atoms with van der Waals surface area (Å²) < 4.78 is 0. The van der Waals surface area contributed by atoms with Gasteiger partial charge in [-0.25, -0.2) is 0 Å². The van der Waals surface area contributed by atoms with E-state index in [1.807, 2.05) is 30.3 Å². The summed E-state index contributed by atoms with van der Waals surface area (Å²) in [6, 6.07) is 11.2. The molecule has 2 aromatic carbocycles. The van der Waals surface area contributed by atoms with Gasteiger partial charge in [-0.05, 0) is 47.4 Å². The van der Waals surface area contributed by atoms with Gasteiger partial charge in [0.05, 0.1) is 17.4 Å². The van der Waals surface area contributed by atoms with Crippen molar-refractivity contribution in [2.75, 3.05) is 0 Å². The number of phenols is 1. The zero-order valence-electron chi connectivity index (χ0n) is 18.3. The van der Waals surface area contributed by atoms with E-state index >= 15 is 0 Å². The van der Waals surface area contributed by atoms with E-state index in [4.69, 9.17) is 11.5 Å². The number of carbonyl (C=O) groups is 5. The van der Waals surface area contributed by atoms with Crippen LogP contribution in [0.15, 0.2) is 36.4 Å². The Kier molecular flexibility index (Phi) is 5.20. The molecule has 5 rings (SSSR count). The average Bonchev–Trinajstić information content (AvgIpc) is 2.79. The monoisotopic (exact) mass is 460 g/mol. The maximum absolute atomic E-state index is 13.7. The second-order valence-corrected chi connectivity index (χ2v) is 9.45. The first-order chi connectivity index (χ1) is 16.2. The minimum Gasteiger partial charge on any atom is -0.507 e. The van der Waals surface area contributed by atoms with E-state index in [2.05, 4.69) is 0 Å². The van der Waals surface area contributed by atoms with Crippen molar-refractivity contribution in [3.05, 3.63) is 53.1 Å². The summed E-state index contributed by atoms with van der Waals surface area (Å²) in [5.74, 6) is -8.76. The number of primary amides is 1. The minimum absolute atomic E-state index is 0.000142. The fraction of sp³-hybridized carbons (Fsp3) is 0.346. The number of benzene rings is 2. The van der Waals surface area contributed by atoms with E-state index in [0.717, 1.165) is 11.1 Å². The number of amides is 1. The highest BCUT2D eigenvalue weighted by Gasteiger charge is 2.57. The lowest BCUT2D eigenvalue weighted by Gasteiger charge is -2.44. The van der Waals surface area contributed by atoms with E-state index in [1.54, 1.807) is 6.07 Å². The van der Waals surface area contributed by atoms with Crippen LogP contribution in [0.5, 0.6) is 5.75 Å². The lowest BCUT2D eigenvalue weighted by Crippen LogP contribution is -2.56. The molecular weight excluding hydrogens is 436 g/mol. The highest BCUT2D eigenvalue weighted by Crippen LogP contribution is 2.50. The summed E-state index contributed by atoms with van der Waals surface area (Å²) >= 11 is 0. The number of fused-ring (bicyclic) bond motifs is 3. The third-order valence-electron chi connectivity index (χ3n) is 7.61. The highest BCUT2D eigenvalue weighted by molar-refractivity contribution is 6.27. The number of aromatic hydroxyl groups is 1. The Labute approximate surface area is 195 Å². The van der Waals surface area contributed by atoms with Crippen molar-refractivity contribution in [3.8, 4) is 16.9 Å². The third kappa shape index (κ3) is 3.13. The van der Waals surface area contributed by atoms with Gasteiger partial charge in [0.1, 0.15) is 5.75 Å². The summed E-state index contributed by atoms with van der Waals surface area (Å²) in [5, 5.41) is 10.9. The van der Waals surface area contributed by atoms with Crippen molar-refractivity contribution < 1.29 is 29.1 Å². The first-order valence-corrected chi connectivity index (χ1v) is 11.3. The number of nitrogens with two attached hydrogens (primary N) is 2. The molecule has 5 atom stereocenters.